The lowest BCUT2D eigenvalue weighted by molar-refractivity contribution is -0.116. The third-order valence-electron chi connectivity index (χ3n) is 2.11. The Balaban J connectivity index is 2.49. The molecule has 0 saturated carbocycles. The van der Waals surface area contributed by atoms with Crippen molar-refractivity contribution in [2.75, 3.05) is 12.4 Å². The van der Waals surface area contributed by atoms with E-state index < -0.39 is 0 Å². The number of terminal acetylenes is 1. The number of rotatable bonds is 6. The molecule has 0 radical (unpaired) electrons. The number of nitrogens with one attached hydrogen (secondary N) is 1. The van der Waals surface area contributed by atoms with Gasteiger partial charge in [-0.3, -0.25) is 10.1 Å². The molecule has 0 bridgehead atoms. The first kappa shape index (κ1) is 14.3. The molecule has 0 unspecified atom stereocenters. The predicted molar refractivity (Wildman–Crippen MR) is 69.5 cm³/mol. The number of hydrogen-bond acceptors (Lipinski definition) is 4. The zero-order chi connectivity index (χ0) is 13.4. The van der Waals surface area contributed by atoms with Crippen molar-refractivity contribution in [1.82, 2.24) is 9.97 Å². The van der Waals surface area contributed by atoms with Gasteiger partial charge in [-0.05, 0) is 12.8 Å². The molecule has 0 aliphatic heterocycles. The molecule has 1 heterocycles. The number of nitrogens with zero attached hydrogens (tertiary/aromatic N) is 2. The third-order valence-corrected chi connectivity index (χ3v) is 2.30. The fourth-order valence-corrected chi connectivity index (χ4v) is 1.43. The summed E-state index contributed by atoms with van der Waals surface area (Å²) in [6.07, 6.45) is 7.72. The number of methoxy groups -OCH3 is 1. The van der Waals surface area contributed by atoms with Crippen LogP contribution in [-0.4, -0.2) is 23.0 Å². The van der Waals surface area contributed by atoms with Gasteiger partial charge < -0.3 is 4.74 Å². The summed E-state index contributed by atoms with van der Waals surface area (Å²) in [7, 11) is 1.46. The van der Waals surface area contributed by atoms with E-state index in [2.05, 4.69) is 21.2 Å². The van der Waals surface area contributed by atoms with E-state index >= 15 is 0 Å². The zero-order valence-corrected chi connectivity index (χ0v) is 10.8. The van der Waals surface area contributed by atoms with Gasteiger partial charge in [-0.15, -0.1) is 12.3 Å². The van der Waals surface area contributed by atoms with Crippen molar-refractivity contribution in [3.05, 3.63) is 11.2 Å². The van der Waals surface area contributed by atoms with Crippen molar-refractivity contribution in [3.63, 3.8) is 0 Å². The van der Waals surface area contributed by atoms with Gasteiger partial charge in [-0.1, -0.05) is 11.6 Å². The van der Waals surface area contributed by atoms with Gasteiger partial charge in [-0.25, -0.2) is 4.98 Å². The highest BCUT2D eigenvalue weighted by Crippen LogP contribution is 2.15. The maximum Gasteiger partial charge on any atom is 0.234 e. The minimum Gasteiger partial charge on any atom is -0.481 e. The molecule has 0 aromatic carbocycles. The summed E-state index contributed by atoms with van der Waals surface area (Å²) in [5.41, 5.74) is 0. The van der Waals surface area contributed by atoms with Gasteiger partial charge in [-0.2, -0.15) is 4.98 Å². The molecule has 1 aromatic rings. The average molecular weight is 268 g/mol. The third kappa shape index (κ3) is 5.02. The van der Waals surface area contributed by atoms with Crippen molar-refractivity contribution in [2.45, 2.75) is 25.7 Å². The van der Waals surface area contributed by atoms with Crippen molar-refractivity contribution in [2.24, 2.45) is 0 Å². The van der Waals surface area contributed by atoms with E-state index in [0.29, 0.717) is 18.7 Å². The maximum atomic E-state index is 11.6. The quantitative estimate of drug-likeness (QED) is 0.488. The van der Waals surface area contributed by atoms with E-state index in [9.17, 15) is 4.79 Å². The molecule has 0 aliphatic rings. The van der Waals surface area contributed by atoms with E-state index in [0.717, 1.165) is 12.8 Å². The highest BCUT2D eigenvalue weighted by atomic mass is 35.5. The Morgan fingerprint density at radius 3 is 3.00 bits per heavy atom. The van der Waals surface area contributed by atoms with Crippen LogP contribution in [0, 0.1) is 12.3 Å². The van der Waals surface area contributed by atoms with Crippen LogP contribution in [0.1, 0.15) is 25.7 Å². The molecular formula is C12H14ClN3O2. The summed E-state index contributed by atoms with van der Waals surface area (Å²) in [6.45, 7) is 0. The SMILES string of the molecule is C#CCCCCC(=O)Nc1nc(Cl)cc(OC)n1. The van der Waals surface area contributed by atoms with Crippen molar-refractivity contribution >= 4 is 23.5 Å². The molecule has 0 aliphatic carbocycles. The molecule has 1 N–H and O–H groups in total. The van der Waals surface area contributed by atoms with Crippen molar-refractivity contribution in [1.29, 1.82) is 0 Å². The Kier molecular flexibility index (Phi) is 5.95. The second kappa shape index (κ2) is 7.51. The Labute approximate surface area is 111 Å². The molecule has 18 heavy (non-hydrogen) atoms. The number of hydrogen-bond donors (Lipinski definition) is 1. The van der Waals surface area contributed by atoms with E-state index in [1.165, 1.54) is 13.2 Å². The molecule has 0 spiro atoms. The molecule has 1 amide bonds. The summed E-state index contributed by atoms with van der Waals surface area (Å²) in [4.78, 5) is 19.4. The van der Waals surface area contributed by atoms with Crippen LogP contribution in [0.15, 0.2) is 6.07 Å². The first-order valence-corrected chi connectivity index (χ1v) is 5.85. The molecular weight excluding hydrogens is 254 g/mol. The predicted octanol–water partition coefficient (Wildman–Crippen LogP) is 2.27. The lowest BCUT2D eigenvalue weighted by atomic mass is 10.2. The van der Waals surface area contributed by atoms with Crippen LogP contribution in [0.2, 0.25) is 5.15 Å². The van der Waals surface area contributed by atoms with Crippen molar-refractivity contribution < 1.29 is 9.53 Å². The summed E-state index contributed by atoms with van der Waals surface area (Å²) >= 11 is 5.75. The van der Waals surface area contributed by atoms with Gasteiger partial charge in [0.05, 0.1) is 7.11 Å². The Morgan fingerprint density at radius 1 is 1.56 bits per heavy atom. The van der Waals surface area contributed by atoms with Crippen LogP contribution in [0.3, 0.4) is 0 Å². The number of carbonyl (C=O) groups is 1. The largest absolute Gasteiger partial charge is 0.481 e. The van der Waals surface area contributed by atoms with E-state index in [-0.39, 0.29) is 17.0 Å². The molecule has 5 nitrogen and oxygen atoms in total. The van der Waals surface area contributed by atoms with Crippen LogP contribution in [-0.2, 0) is 4.79 Å². The number of anilines is 1. The van der Waals surface area contributed by atoms with Gasteiger partial charge in [0.1, 0.15) is 5.15 Å². The second-order valence-corrected chi connectivity index (χ2v) is 3.90. The molecule has 96 valence electrons. The lowest BCUT2D eigenvalue weighted by Crippen LogP contribution is -2.13. The number of halogens is 1. The van der Waals surface area contributed by atoms with Crippen LogP contribution in [0.4, 0.5) is 5.95 Å². The molecule has 1 rings (SSSR count). The monoisotopic (exact) mass is 267 g/mol. The van der Waals surface area contributed by atoms with Gasteiger partial charge in [0.25, 0.3) is 0 Å². The maximum absolute atomic E-state index is 11.6. The van der Waals surface area contributed by atoms with Crippen LogP contribution < -0.4 is 10.1 Å². The first-order valence-electron chi connectivity index (χ1n) is 5.47. The number of ether oxygens (including phenoxy) is 1. The smallest absolute Gasteiger partial charge is 0.234 e. The van der Waals surface area contributed by atoms with Gasteiger partial charge in [0, 0.05) is 18.9 Å². The summed E-state index contributed by atoms with van der Waals surface area (Å²) < 4.78 is 4.92. The van der Waals surface area contributed by atoms with Crippen LogP contribution >= 0.6 is 11.6 Å². The normalized spacial score (nSPS) is 9.61. The topological polar surface area (TPSA) is 64.1 Å². The lowest BCUT2D eigenvalue weighted by Gasteiger charge is -2.05. The molecule has 6 heteroatoms. The fraction of sp³-hybridized carbons (Fsp3) is 0.417. The molecule has 0 saturated heterocycles. The van der Waals surface area contributed by atoms with E-state index in [4.69, 9.17) is 22.8 Å². The highest BCUT2D eigenvalue weighted by Gasteiger charge is 2.07. The Hall–Kier alpha value is -1.80. The molecule has 0 atom stereocenters. The minimum atomic E-state index is -0.170. The van der Waals surface area contributed by atoms with Crippen LogP contribution in [0.25, 0.3) is 0 Å². The summed E-state index contributed by atoms with van der Waals surface area (Å²) in [6, 6.07) is 1.46. The fourth-order valence-electron chi connectivity index (χ4n) is 1.26. The van der Waals surface area contributed by atoms with E-state index in [1.807, 2.05) is 0 Å². The summed E-state index contributed by atoms with van der Waals surface area (Å²) in [5, 5.41) is 2.77. The van der Waals surface area contributed by atoms with Crippen LogP contribution in [0.5, 0.6) is 5.88 Å². The average Bonchev–Trinajstić information content (AvgIpc) is 2.34. The zero-order valence-electron chi connectivity index (χ0n) is 10.1. The molecule has 0 fully saturated rings. The first-order chi connectivity index (χ1) is 8.65. The number of carbonyl (C=O) groups excluding carboxylic acids is 1. The second-order valence-electron chi connectivity index (χ2n) is 3.52. The van der Waals surface area contributed by atoms with Crippen molar-refractivity contribution in [3.8, 4) is 18.2 Å². The number of unbranched alkanes of at least 4 members (excludes halogenated alkanes) is 2. The van der Waals surface area contributed by atoms with Gasteiger partial charge >= 0.3 is 0 Å². The Morgan fingerprint density at radius 2 is 2.33 bits per heavy atom. The summed E-state index contributed by atoms with van der Waals surface area (Å²) in [5.74, 6) is 2.80. The Bertz CT molecular complexity index is 457. The number of amides is 1. The minimum absolute atomic E-state index is 0.140. The molecule has 1 aromatic heterocycles. The van der Waals surface area contributed by atoms with E-state index in [1.54, 1.807) is 0 Å². The standard InChI is InChI=1S/C12H14ClN3O2/c1-3-4-5-6-7-10(17)15-12-14-9(13)8-11(16-12)18-2/h1,8H,4-7H2,2H3,(H,14,15,16,17). The number of aromatic nitrogens is 2. The van der Waals surface area contributed by atoms with Gasteiger partial charge in [0.2, 0.25) is 17.7 Å². The van der Waals surface area contributed by atoms with Gasteiger partial charge in [0.15, 0.2) is 0 Å². The highest BCUT2D eigenvalue weighted by molar-refractivity contribution is 6.29.